The summed E-state index contributed by atoms with van der Waals surface area (Å²) in [7, 11) is 1.72. The van der Waals surface area contributed by atoms with E-state index in [9.17, 15) is 0 Å². The smallest absolute Gasteiger partial charge is 0.119 e. The molecule has 0 heterocycles. The highest BCUT2D eigenvalue weighted by Gasteiger charge is 2.04. The topological polar surface area (TPSA) is 9.23 Å². The van der Waals surface area contributed by atoms with Crippen LogP contribution in [0.4, 0.5) is 0 Å². The second-order valence-corrected chi connectivity index (χ2v) is 4.07. The molecule has 1 aromatic rings. The molecule has 15 heavy (non-hydrogen) atoms. The Kier molecular flexibility index (Phi) is 5.23. The lowest BCUT2D eigenvalue weighted by molar-refractivity contribution is 0.413. The maximum Gasteiger partial charge on any atom is 0.119 e. The normalized spacial score (nSPS) is 10.7. The van der Waals surface area contributed by atoms with Crippen molar-refractivity contribution in [3.63, 3.8) is 0 Å². The summed E-state index contributed by atoms with van der Waals surface area (Å²) in [6.45, 7) is 4.56. The highest BCUT2D eigenvalue weighted by atomic mass is 16.5. The van der Waals surface area contributed by atoms with E-state index in [1.165, 1.54) is 31.2 Å². The van der Waals surface area contributed by atoms with Crippen LogP contribution >= 0.6 is 0 Å². The van der Waals surface area contributed by atoms with Crippen LogP contribution in [-0.4, -0.2) is 7.11 Å². The average molecular weight is 206 g/mol. The summed E-state index contributed by atoms with van der Waals surface area (Å²) in [5.74, 6) is 1.84. The van der Waals surface area contributed by atoms with Gasteiger partial charge >= 0.3 is 0 Å². The lowest BCUT2D eigenvalue weighted by atomic mass is 9.95. The Morgan fingerprint density at radius 3 is 2.53 bits per heavy atom. The number of benzene rings is 1. The zero-order chi connectivity index (χ0) is 11.1. The summed E-state index contributed by atoms with van der Waals surface area (Å²) >= 11 is 0. The molecule has 1 rings (SSSR count). The fourth-order valence-electron chi connectivity index (χ4n) is 1.90. The fraction of sp³-hybridized carbons (Fsp3) is 0.571. The van der Waals surface area contributed by atoms with Crippen molar-refractivity contribution >= 4 is 0 Å². The second-order valence-electron chi connectivity index (χ2n) is 4.07. The minimum absolute atomic E-state index is 0.871. The number of hydrogen-bond donors (Lipinski definition) is 0. The summed E-state index contributed by atoms with van der Waals surface area (Å²) in [6.07, 6.45) is 5.05. The molecule has 0 aliphatic carbocycles. The molecule has 1 nitrogen and oxygen atoms in total. The van der Waals surface area contributed by atoms with Gasteiger partial charge in [-0.3, -0.25) is 0 Å². The van der Waals surface area contributed by atoms with Crippen molar-refractivity contribution < 1.29 is 4.74 Å². The van der Waals surface area contributed by atoms with E-state index in [0.717, 1.165) is 11.7 Å². The van der Waals surface area contributed by atoms with Crippen LogP contribution in [0.25, 0.3) is 0 Å². The molecule has 0 radical (unpaired) electrons. The summed E-state index contributed by atoms with van der Waals surface area (Å²) in [4.78, 5) is 0. The van der Waals surface area contributed by atoms with Gasteiger partial charge in [0.2, 0.25) is 0 Å². The Labute approximate surface area is 93.5 Å². The highest BCUT2D eigenvalue weighted by molar-refractivity contribution is 5.28. The molecule has 0 N–H and O–H groups in total. The van der Waals surface area contributed by atoms with Crippen molar-refractivity contribution in [2.45, 2.75) is 39.5 Å². The molecule has 1 aromatic carbocycles. The molecule has 0 saturated heterocycles. The van der Waals surface area contributed by atoms with Crippen molar-refractivity contribution in [3.8, 4) is 5.75 Å². The molecular weight excluding hydrogens is 184 g/mol. The lowest BCUT2D eigenvalue weighted by Gasteiger charge is -2.12. The minimum atomic E-state index is 0.871. The molecule has 0 aliphatic rings. The maximum atomic E-state index is 5.21. The molecule has 0 unspecified atom stereocenters. The van der Waals surface area contributed by atoms with Gasteiger partial charge in [-0.05, 0) is 36.5 Å². The Hall–Kier alpha value is -0.980. The molecule has 0 fully saturated rings. The van der Waals surface area contributed by atoms with E-state index in [1.807, 2.05) is 6.07 Å². The SMILES string of the molecule is CCC(CC)CCc1cccc(OC)c1. The predicted molar refractivity (Wildman–Crippen MR) is 65.4 cm³/mol. The van der Waals surface area contributed by atoms with Crippen molar-refractivity contribution in [1.82, 2.24) is 0 Å². The van der Waals surface area contributed by atoms with Crippen molar-refractivity contribution in [2.24, 2.45) is 5.92 Å². The molecule has 0 bridgehead atoms. The van der Waals surface area contributed by atoms with Gasteiger partial charge in [-0.25, -0.2) is 0 Å². The lowest BCUT2D eigenvalue weighted by Crippen LogP contribution is -1.99. The third kappa shape index (κ3) is 3.94. The summed E-state index contributed by atoms with van der Waals surface area (Å²) in [5, 5.41) is 0. The summed E-state index contributed by atoms with van der Waals surface area (Å²) in [5.41, 5.74) is 1.39. The Bertz CT molecular complexity index is 276. The van der Waals surface area contributed by atoms with Crippen molar-refractivity contribution in [3.05, 3.63) is 29.8 Å². The minimum Gasteiger partial charge on any atom is -0.497 e. The monoisotopic (exact) mass is 206 g/mol. The van der Waals surface area contributed by atoms with Gasteiger partial charge in [-0.1, -0.05) is 38.8 Å². The van der Waals surface area contributed by atoms with Gasteiger partial charge in [0.1, 0.15) is 5.75 Å². The number of hydrogen-bond acceptors (Lipinski definition) is 1. The van der Waals surface area contributed by atoms with Crippen LogP contribution in [0.1, 0.15) is 38.7 Å². The third-order valence-electron chi connectivity index (χ3n) is 3.13. The van der Waals surface area contributed by atoms with Gasteiger partial charge in [0.25, 0.3) is 0 Å². The van der Waals surface area contributed by atoms with Crippen LogP contribution in [0.15, 0.2) is 24.3 Å². The van der Waals surface area contributed by atoms with Gasteiger partial charge in [-0.15, -0.1) is 0 Å². The average Bonchev–Trinajstić information content (AvgIpc) is 2.31. The maximum absolute atomic E-state index is 5.21. The van der Waals surface area contributed by atoms with E-state index < -0.39 is 0 Å². The molecule has 0 aromatic heterocycles. The molecule has 84 valence electrons. The van der Waals surface area contributed by atoms with Crippen LogP contribution in [-0.2, 0) is 6.42 Å². The zero-order valence-corrected chi connectivity index (χ0v) is 10.1. The van der Waals surface area contributed by atoms with Crippen LogP contribution in [0.2, 0.25) is 0 Å². The molecule has 0 spiro atoms. The van der Waals surface area contributed by atoms with E-state index in [0.29, 0.717) is 0 Å². The Morgan fingerprint density at radius 2 is 1.93 bits per heavy atom. The Morgan fingerprint density at radius 1 is 1.20 bits per heavy atom. The summed E-state index contributed by atoms with van der Waals surface area (Å²) in [6, 6.07) is 8.40. The van der Waals surface area contributed by atoms with Gasteiger partial charge in [0.15, 0.2) is 0 Å². The molecule has 0 atom stereocenters. The van der Waals surface area contributed by atoms with Crippen LogP contribution in [0, 0.1) is 5.92 Å². The fourth-order valence-corrected chi connectivity index (χ4v) is 1.90. The van der Waals surface area contributed by atoms with Gasteiger partial charge in [-0.2, -0.15) is 0 Å². The highest BCUT2D eigenvalue weighted by Crippen LogP contribution is 2.19. The number of rotatable bonds is 6. The van der Waals surface area contributed by atoms with Gasteiger partial charge in [0.05, 0.1) is 7.11 Å². The first-order chi connectivity index (χ1) is 7.30. The molecule has 0 saturated carbocycles. The second kappa shape index (κ2) is 6.49. The van der Waals surface area contributed by atoms with Crippen molar-refractivity contribution in [1.29, 1.82) is 0 Å². The third-order valence-corrected chi connectivity index (χ3v) is 3.13. The van der Waals surface area contributed by atoms with Crippen LogP contribution in [0.5, 0.6) is 5.75 Å². The predicted octanol–water partition coefficient (Wildman–Crippen LogP) is 4.06. The first kappa shape index (κ1) is 12.1. The number of methoxy groups -OCH3 is 1. The molecule has 1 heteroatoms. The standard InChI is InChI=1S/C14H22O/c1-4-12(5-2)9-10-13-7-6-8-14(11-13)15-3/h6-8,11-12H,4-5,9-10H2,1-3H3. The zero-order valence-electron chi connectivity index (χ0n) is 10.1. The first-order valence-corrected chi connectivity index (χ1v) is 5.93. The van der Waals surface area contributed by atoms with E-state index in [2.05, 4.69) is 32.0 Å². The molecule has 0 amide bonds. The van der Waals surface area contributed by atoms with Crippen LogP contribution < -0.4 is 4.74 Å². The van der Waals surface area contributed by atoms with Crippen molar-refractivity contribution in [2.75, 3.05) is 7.11 Å². The number of ether oxygens (including phenoxy) is 1. The van der Waals surface area contributed by atoms with Gasteiger partial charge in [0, 0.05) is 0 Å². The quantitative estimate of drug-likeness (QED) is 0.682. The van der Waals surface area contributed by atoms with E-state index in [4.69, 9.17) is 4.74 Å². The van der Waals surface area contributed by atoms with E-state index in [1.54, 1.807) is 7.11 Å². The molecule has 0 aliphatic heterocycles. The Balaban J connectivity index is 2.49. The first-order valence-electron chi connectivity index (χ1n) is 5.93. The van der Waals surface area contributed by atoms with E-state index in [-0.39, 0.29) is 0 Å². The van der Waals surface area contributed by atoms with Crippen LogP contribution in [0.3, 0.4) is 0 Å². The van der Waals surface area contributed by atoms with E-state index >= 15 is 0 Å². The largest absolute Gasteiger partial charge is 0.497 e. The number of aryl methyl sites for hydroxylation is 1. The molecular formula is C14H22O. The van der Waals surface area contributed by atoms with Gasteiger partial charge < -0.3 is 4.74 Å². The summed E-state index contributed by atoms with van der Waals surface area (Å²) < 4.78 is 5.21.